The van der Waals surface area contributed by atoms with Crippen LogP contribution in [0, 0.1) is 18.8 Å². The molecule has 101 heavy (non-hydrogen) atoms. The molecule has 12 amide bonds. The molecular weight excluding hydrogens is 1420 g/mol. The first-order valence-corrected chi connectivity index (χ1v) is 38.5. The number of unbranched alkanes of at least 4 members (excludes halogenated alkanes) is 2. The molecule has 0 bridgehead atoms. The van der Waals surface area contributed by atoms with E-state index in [1.807, 2.05) is 46.8 Å². The Labute approximate surface area is 604 Å². The molecule has 0 spiro atoms. The van der Waals surface area contributed by atoms with Crippen molar-refractivity contribution in [2.24, 2.45) is 11.8 Å². The molecule has 2 aromatic carbocycles. The van der Waals surface area contributed by atoms with Gasteiger partial charge in [0.2, 0.25) is 47.3 Å². The zero-order valence-electron chi connectivity index (χ0n) is 61.5. The minimum Gasteiger partial charge on any atom is -0.349 e. The van der Waals surface area contributed by atoms with Gasteiger partial charge in [0, 0.05) is 87.1 Å². The minimum absolute atomic E-state index is 0.0189. The van der Waals surface area contributed by atoms with Gasteiger partial charge in [0.1, 0.15) is 36.3 Å². The molecule has 1 unspecified atom stereocenters. The van der Waals surface area contributed by atoms with Crippen molar-refractivity contribution in [2.45, 2.75) is 222 Å². The fourth-order valence-corrected chi connectivity index (χ4v) is 15.1. The van der Waals surface area contributed by atoms with Crippen LogP contribution >= 0.6 is 0 Å². The van der Waals surface area contributed by atoms with Crippen LogP contribution in [0.3, 0.4) is 0 Å². The van der Waals surface area contributed by atoms with E-state index in [0.717, 1.165) is 23.0 Å². The topological polar surface area (TPSA) is 279 Å². The van der Waals surface area contributed by atoms with Crippen LogP contribution in [0.25, 0.3) is 0 Å². The van der Waals surface area contributed by atoms with Crippen molar-refractivity contribution in [3.05, 3.63) is 70.3 Å². The quantitative estimate of drug-likeness (QED) is 0.107. The molecule has 0 saturated carbocycles. The van der Waals surface area contributed by atoms with E-state index in [0.29, 0.717) is 54.1 Å². The summed E-state index contributed by atoms with van der Waals surface area (Å²) in [5.74, 6) is -7.84. The number of nitrogens with one attached hydrogen (secondary N) is 4. The molecule has 6 rings (SSSR count). The van der Waals surface area contributed by atoms with E-state index in [4.69, 9.17) is 0 Å². The number of alkyl halides is 5. The molecule has 4 aliphatic heterocycles. The number of rotatable bonds is 16. The smallest absolute Gasteiger partial charge is 0.349 e. The molecule has 24 nitrogen and oxygen atoms in total. The van der Waals surface area contributed by atoms with Gasteiger partial charge in [-0.1, -0.05) is 96.6 Å². The number of hydrogen-bond donors (Lipinski definition) is 4. The van der Waals surface area contributed by atoms with Crippen LogP contribution in [0.4, 0.5) is 13.2 Å². The maximum absolute atomic E-state index is 14.9. The van der Waals surface area contributed by atoms with Crippen LogP contribution in [0.1, 0.15) is 170 Å². The fourth-order valence-electron chi connectivity index (χ4n) is 13.4. The molecule has 4 N–H and O–H groups in total. The summed E-state index contributed by atoms with van der Waals surface area (Å²) in [6.45, 7) is 12.4. The molecule has 28 heteroatoms. The Morgan fingerprint density at radius 1 is 0.663 bits per heavy atom. The average Bonchev–Trinajstić information content (AvgIpc) is 1.76. The third kappa shape index (κ3) is 22.1. The summed E-state index contributed by atoms with van der Waals surface area (Å²) in [5, 5.41) is 11.4. The second-order valence-corrected chi connectivity index (χ2v) is 31.5. The van der Waals surface area contributed by atoms with E-state index < -0.39 is 171 Å². The summed E-state index contributed by atoms with van der Waals surface area (Å²) in [7, 11) is 10.4. The SMILES string of the molecule is CCCCC[C@H]1C(=O)N[C@@H]([C@@H](C)CC)C(=O)N[C@@H](C)C(=O)N2CC[C@H]2C(=O)N(C)[C@@H](Cc2ccc(C)cc2)C(=O)N(C)CC(=O)N[C@@H](CCc2ccc(C(F)(F)F)c(C3C[I-]3)c2)C(=O)N2CCC[C@H]2C(=O)NCCCCC(=O)N(C)[C@@H]([C@@H](C)CC)C(=O)N(C)[C@H](CC(=O)N(C)C)CC(=O)N1C. The van der Waals surface area contributed by atoms with Gasteiger partial charge >= 0.3 is 200 Å². The Kier molecular flexibility index (Phi) is 30.8. The maximum atomic E-state index is 14.9. The Morgan fingerprint density at radius 3 is 1.92 bits per heavy atom. The number of carbonyl (C=O) groups is 12. The van der Waals surface area contributed by atoms with Crippen LogP contribution in [0.15, 0.2) is 42.5 Å². The number of amides is 12. The molecule has 12 atom stereocenters. The molecule has 0 aromatic heterocycles. The van der Waals surface area contributed by atoms with Crippen LogP contribution in [0.2, 0.25) is 0 Å². The van der Waals surface area contributed by atoms with E-state index >= 15 is 0 Å². The monoisotopic (exact) mass is 1530 g/mol. The first-order valence-electron chi connectivity index (χ1n) is 35.8. The third-order valence-electron chi connectivity index (χ3n) is 20.6. The fraction of sp³-hybridized carbons (Fsp3) is 0.671. The van der Waals surface area contributed by atoms with Gasteiger partial charge in [0.25, 0.3) is 0 Å². The van der Waals surface area contributed by atoms with Crippen molar-refractivity contribution >= 4 is 70.9 Å². The van der Waals surface area contributed by atoms with Crippen molar-refractivity contribution < 1.29 is 91.9 Å². The normalized spacial score (nSPS) is 26.2. The number of benzene rings is 2. The Hall–Kier alpha value is -7.40. The Morgan fingerprint density at radius 2 is 1.32 bits per heavy atom. The summed E-state index contributed by atoms with van der Waals surface area (Å²) in [5.41, 5.74) is 1.61. The summed E-state index contributed by atoms with van der Waals surface area (Å²) in [4.78, 5) is 185. The van der Waals surface area contributed by atoms with Crippen LogP contribution in [-0.4, -0.2) is 244 Å². The van der Waals surface area contributed by atoms with Gasteiger partial charge < -0.3 is 40.0 Å². The first-order chi connectivity index (χ1) is 47.6. The summed E-state index contributed by atoms with van der Waals surface area (Å²) < 4.78 is 43.2. The van der Waals surface area contributed by atoms with Crippen LogP contribution < -0.4 is 42.5 Å². The molecule has 2 aromatic rings. The number of aryl methyl sites for hydroxylation is 2. The predicted molar refractivity (Wildman–Crippen MR) is 370 cm³/mol. The number of halogens is 4. The van der Waals surface area contributed by atoms with Gasteiger partial charge in [-0.15, -0.1) is 0 Å². The molecule has 0 radical (unpaired) electrons. The number of fused-ring (bicyclic) bond motifs is 2. The van der Waals surface area contributed by atoms with Gasteiger partial charge in [-0.2, -0.15) is 0 Å². The van der Waals surface area contributed by atoms with Gasteiger partial charge in [0.15, 0.2) is 0 Å². The van der Waals surface area contributed by atoms with Crippen molar-refractivity contribution in [3.63, 3.8) is 0 Å². The van der Waals surface area contributed by atoms with Crippen LogP contribution in [0.5, 0.6) is 0 Å². The third-order valence-corrected chi connectivity index (χ3v) is 23.0. The molecule has 4 fully saturated rings. The molecule has 4 aliphatic rings. The van der Waals surface area contributed by atoms with Crippen molar-refractivity contribution in [1.29, 1.82) is 0 Å². The zero-order chi connectivity index (χ0) is 74.9. The van der Waals surface area contributed by atoms with Crippen LogP contribution in [-0.2, 0) is 76.6 Å². The van der Waals surface area contributed by atoms with E-state index in [1.54, 1.807) is 33.2 Å². The first kappa shape index (κ1) is 82.6. The molecule has 562 valence electrons. The molecule has 0 aliphatic carbocycles. The summed E-state index contributed by atoms with van der Waals surface area (Å²) in [6, 6.07) is 0.990. The second kappa shape index (κ2) is 37.7. The molecular formula is C73H109F3IN12O12-. The van der Waals surface area contributed by atoms with Gasteiger partial charge in [-0.05, 0) is 56.9 Å². The van der Waals surface area contributed by atoms with E-state index in [1.165, 1.54) is 88.6 Å². The van der Waals surface area contributed by atoms with Gasteiger partial charge in [-0.25, -0.2) is 0 Å². The summed E-state index contributed by atoms with van der Waals surface area (Å²) >= 11 is -0.438. The van der Waals surface area contributed by atoms with Gasteiger partial charge in [-0.3, -0.25) is 43.2 Å². The van der Waals surface area contributed by atoms with E-state index in [9.17, 15) is 70.7 Å². The van der Waals surface area contributed by atoms with Crippen molar-refractivity contribution in [3.8, 4) is 0 Å². The van der Waals surface area contributed by atoms with Crippen molar-refractivity contribution in [1.82, 2.24) is 60.5 Å². The Bertz CT molecular complexity index is 3280. The average molecular weight is 1530 g/mol. The van der Waals surface area contributed by atoms with E-state index in [2.05, 4.69) is 21.3 Å². The minimum atomic E-state index is -4.58. The number of hydrogen-bond acceptors (Lipinski definition) is 12. The second-order valence-electron chi connectivity index (χ2n) is 28.2. The van der Waals surface area contributed by atoms with E-state index in [-0.39, 0.29) is 98.7 Å². The summed E-state index contributed by atoms with van der Waals surface area (Å²) in [6.07, 6.45) is -0.741. The molecule has 4 heterocycles. The standard InChI is InChI=1S/C73H109F3IN12O12/c1-15-18-19-23-55-66(95)81-63(45(5)16-2)67(96)79-47(7)68(97)89-37-34-57(89)71(100)86(13)58(39-49-28-26-44(4)27-29-49)70(99)83(10)43-59(90)80-54(33-31-48-30-32-52(73(74,75)76)51(38-48)53-42-77-53)69(98)88-36-22-24-56(88)65(94)78-35-21-20-25-60(91)87(14)64(46(6)17-3)72(101)84(11)50(40-61(92)82(8)9)41-62(93)85(55)12/h26-30,32,38,45-47,50,53-58,63-64H,15-25,31,33-37,39-43H2,1-14H3,(H,78,94)(H,79,96)(H,80,90)(H,81,95)/q-1/t45-,46-,47-,50+,53?,54-,55-,56-,57-,58-,63-,64-/m0/s1. The van der Waals surface area contributed by atoms with Gasteiger partial charge in [0.05, 0.1) is 0 Å². The van der Waals surface area contributed by atoms with Crippen molar-refractivity contribution in [2.75, 3.05) is 79.9 Å². The zero-order valence-corrected chi connectivity index (χ0v) is 63.7. The number of carbonyl (C=O) groups excluding carboxylic acids is 12. The number of nitrogens with zero attached hydrogens (tertiary/aromatic N) is 8. The Balaban J connectivity index is 1.35. The molecule has 4 saturated heterocycles. The predicted octanol–water partition coefficient (Wildman–Crippen LogP) is 2.01. The number of likely N-dealkylation sites (N-methyl/N-ethyl adjacent to an activating group) is 5.